The molecule has 2 aliphatic carbocycles. The molecule has 222 valence electrons. The summed E-state index contributed by atoms with van der Waals surface area (Å²) in [5, 5.41) is 3.51. The molecule has 0 bridgehead atoms. The minimum absolute atomic E-state index is 0.154. The van der Waals surface area contributed by atoms with Gasteiger partial charge in [-0.2, -0.15) is 0 Å². The fourth-order valence-corrected chi connectivity index (χ4v) is 8.75. The second kappa shape index (κ2) is 9.43. The predicted molar refractivity (Wildman–Crippen MR) is 194 cm³/mol. The molecule has 7 aromatic rings. The summed E-state index contributed by atoms with van der Waals surface area (Å²) in [4.78, 5) is 5.10. The molecule has 0 spiro atoms. The zero-order chi connectivity index (χ0) is 30.6. The highest BCUT2D eigenvalue weighted by Crippen LogP contribution is 2.46. The van der Waals surface area contributed by atoms with Gasteiger partial charge in [-0.05, 0) is 84.5 Å². The number of para-hydroxylation sites is 3. The van der Waals surface area contributed by atoms with Gasteiger partial charge in [0.2, 0.25) is 6.71 Å². The summed E-state index contributed by atoms with van der Waals surface area (Å²) >= 11 is 0. The first kappa shape index (κ1) is 25.5. The lowest BCUT2D eigenvalue weighted by atomic mass is 9.32. The minimum atomic E-state index is 0.154. The van der Waals surface area contributed by atoms with Crippen molar-refractivity contribution in [2.75, 3.05) is 9.80 Å². The van der Waals surface area contributed by atoms with E-state index in [2.05, 4.69) is 137 Å². The van der Waals surface area contributed by atoms with Gasteiger partial charge in [-0.25, -0.2) is 0 Å². The lowest BCUT2D eigenvalue weighted by molar-refractivity contribution is 0.590. The van der Waals surface area contributed by atoms with Crippen molar-refractivity contribution in [2.24, 2.45) is 0 Å². The molecule has 1 atom stereocenters. The van der Waals surface area contributed by atoms with E-state index in [1.165, 1.54) is 50.1 Å². The summed E-state index contributed by atoms with van der Waals surface area (Å²) in [7, 11) is 0. The van der Waals surface area contributed by atoms with Crippen molar-refractivity contribution in [3.63, 3.8) is 0 Å². The van der Waals surface area contributed by atoms with Crippen molar-refractivity contribution in [3.05, 3.63) is 150 Å². The Morgan fingerprint density at radius 1 is 0.660 bits per heavy atom. The van der Waals surface area contributed by atoms with Gasteiger partial charge >= 0.3 is 0 Å². The van der Waals surface area contributed by atoms with Crippen LogP contribution in [-0.2, 0) is 6.42 Å². The Labute approximate surface area is 272 Å². The first-order valence-corrected chi connectivity index (χ1v) is 16.6. The smallest absolute Gasteiger partial charge is 0.247 e. The first-order valence-electron chi connectivity index (χ1n) is 16.6. The Morgan fingerprint density at radius 2 is 1.43 bits per heavy atom. The van der Waals surface area contributed by atoms with E-state index in [0.717, 1.165) is 58.2 Å². The monoisotopic (exact) mass is 604 g/mol. The highest BCUT2D eigenvalue weighted by atomic mass is 16.3. The Bertz CT molecular complexity index is 2550. The van der Waals surface area contributed by atoms with E-state index in [1.54, 1.807) is 0 Å². The number of hydrogen-bond acceptors (Lipinski definition) is 4. The van der Waals surface area contributed by atoms with Crippen LogP contribution in [0.25, 0.3) is 39.0 Å². The SMILES string of the molecule is C1=CC2=C(CC1)B1c3ccccc3N(C3C=Cc4oc5ccccc5c4C3)c3cccc(c31)N2c1ccc2oc3ccccc3c2c1. The number of fused-ring (bicyclic) bond motifs is 9. The third kappa shape index (κ3) is 3.49. The van der Waals surface area contributed by atoms with E-state index >= 15 is 0 Å². The Morgan fingerprint density at radius 3 is 2.36 bits per heavy atom. The predicted octanol–water partition coefficient (Wildman–Crippen LogP) is 9.33. The third-order valence-electron chi connectivity index (χ3n) is 10.7. The fourth-order valence-electron chi connectivity index (χ4n) is 8.75. The molecule has 2 aliphatic heterocycles. The number of nitrogens with zero attached hydrogens (tertiary/aromatic N) is 2. The van der Waals surface area contributed by atoms with Gasteiger partial charge < -0.3 is 18.6 Å². The van der Waals surface area contributed by atoms with Gasteiger partial charge in [0, 0.05) is 56.6 Å². The lowest BCUT2D eigenvalue weighted by Crippen LogP contribution is -2.58. The second-order valence-electron chi connectivity index (χ2n) is 13.1. The molecule has 5 aromatic carbocycles. The Balaban J connectivity index is 1.13. The van der Waals surface area contributed by atoms with Crippen molar-refractivity contribution in [1.82, 2.24) is 0 Å². The van der Waals surface area contributed by atoms with Crippen LogP contribution in [0.2, 0.25) is 0 Å². The number of rotatable bonds is 2. The van der Waals surface area contributed by atoms with Crippen LogP contribution in [0.3, 0.4) is 0 Å². The molecule has 4 nitrogen and oxygen atoms in total. The molecule has 5 heteroatoms. The van der Waals surface area contributed by atoms with Crippen molar-refractivity contribution in [3.8, 4) is 0 Å². The van der Waals surface area contributed by atoms with E-state index in [1.807, 2.05) is 6.07 Å². The summed E-state index contributed by atoms with van der Waals surface area (Å²) in [6.45, 7) is 0.209. The van der Waals surface area contributed by atoms with Crippen LogP contribution in [0.5, 0.6) is 0 Å². The number of hydrogen-bond donors (Lipinski definition) is 0. The summed E-state index contributed by atoms with van der Waals surface area (Å²) in [5.41, 5.74) is 14.7. The van der Waals surface area contributed by atoms with Gasteiger partial charge in [-0.3, -0.25) is 0 Å². The largest absolute Gasteiger partial charge is 0.456 e. The molecule has 0 amide bonds. The summed E-state index contributed by atoms with van der Waals surface area (Å²) in [6, 6.07) is 39.6. The van der Waals surface area contributed by atoms with Crippen LogP contribution in [0, 0.1) is 0 Å². The Kier molecular flexibility index (Phi) is 5.12. The first-order chi connectivity index (χ1) is 23.3. The van der Waals surface area contributed by atoms with Gasteiger partial charge in [-0.1, -0.05) is 78.3 Å². The Hall–Kier alpha value is -5.68. The number of allylic oxidation sites excluding steroid dienone is 3. The summed E-state index contributed by atoms with van der Waals surface area (Å²) < 4.78 is 12.5. The molecule has 0 radical (unpaired) electrons. The zero-order valence-electron chi connectivity index (χ0n) is 25.7. The molecule has 47 heavy (non-hydrogen) atoms. The van der Waals surface area contributed by atoms with Crippen molar-refractivity contribution < 1.29 is 8.83 Å². The molecular weight excluding hydrogens is 575 g/mol. The van der Waals surface area contributed by atoms with Gasteiger partial charge in [0.1, 0.15) is 22.5 Å². The molecule has 1 unspecified atom stereocenters. The normalized spacial score (nSPS) is 17.8. The van der Waals surface area contributed by atoms with Gasteiger partial charge in [0.25, 0.3) is 0 Å². The molecule has 0 N–H and O–H groups in total. The quantitative estimate of drug-likeness (QED) is 0.184. The van der Waals surface area contributed by atoms with Crippen LogP contribution in [-0.4, -0.2) is 12.8 Å². The van der Waals surface area contributed by atoms with Crippen LogP contribution >= 0.6 is 0 Å². The van der Waals surface area contributed by atoms with E-state index < -0.39 is 0 Å². The molecule has 2 aromatic heterocycles. The van der Waals surface area contributed by atoms with E-state index in [0.29, 0.717) is 0 Å². The van der Waals surface area contributed by atoms with Crippen molar-refractivity contribution >= 4 is 79.4 Å². The average Bonchev–Trinajstić information content (AvgIpc) is 3.69. The second-order valence-corrected chi connectivity index (χ2v) is 13.1. The third-order valence-corrected chi connectivity index (χ3v) is 10.7. The molecule has 11 rings (SSSR count). The van der Waals surface area contributed by atoms with Crippen molar-refractivity contribution in [2.45, 2.75) is 25.3 Å². The fraction of sp³-hybridized carbons (Fsp3) is 0.0952. The molecule has 4 aliphatic rings. The maximum absolute atomic E-state index is 6.27. The molecule has 0 fully saturated rings. The molecule has 0 saturated carbocycles. The molecule has 0 saturated heterocycles. The van der Waals surface area contributed by atoms with Crippen LogP contribution in [0.1, 0.15) is 24.2 Å². The number of furan rings is 2. The standard InChI is InChI=1S/C42H29BN2O2/c1-7-18-38-28(10-1)30-24-26(20-22-40(30)46-38)44-34-14-5-3-12-32(34)43-33-13-4-6-15-35(33)45(37-17-9-16-36(44)42(37)43)27-21-23-41-31(25-27)29-11-2-8-19-39(29)47-41/h1-3,5-12,14-23,25-26H,4,13,24H2. The minimum Gasteiger partial charge on any atom is -0.456 e. The van der Waals surface area contributed by atoms with Crippen LogP contribution < -0.4 is 20.7 Å². The van der Waals surface area contributed by atoms with E-state index in [-0.39, 0.29) is 12.8 Å². The molecular formula is C42H29BN2O2. The highest BCUT2D eigenvalue weighted by molar-refractivity contribution is 6.95. The van der Waals surface area contributed by atoms with Crippen molar-refractivity contribution in [1.29, 1.82) is 0 Å². The molecule has 4 heterocycles. The number of benzene rings is 5. The maximum Gasteiger partial charge on any atom is 0.247 e. The van der Waals surface area contributed by atoms with E-state index in [9.17, 15) is 0 Å². The van der Waals surface area contributed by atoms with Gasteiger partial charge in [-0.15, -0.1) is 0 Å². The lowest BCUT2D eigenvalue weighted by Gasteiger charge is -2.47. The van der Waals surface area contributed by atoms with E-state index in [4.69, 9.17) is 8.83 Å². The summed E-state index contributed by atoms with van der Waals surface area (Å²) in [5.74, 6) is 0.984. The van der Waals surface area contributed by atoms with Gasteiger partial charge in [0.15, 0.2) is 0 Å². The highest BCUT2D eigenvalue weighted by Gasteiger charge is 2.45. The number of anilines is 4. The average molecular weight is 605 g/mol. The van der Waals surface area contributed by atoms with Gasteiger partial charge in [0.05, 0.1) is 6.04 Å². The topological polar surface area (TPSA) is 32.8 Å². The maximum atomic E-state index is 6.27. The summed E-state index contributed by atoms with van der Waals surface area (Å²) in [6.07, 6.45) is 12.2. The van der Waals surface area contributed by atoms with Crippen LogP contribution in [0.15, 0.2) is 147 Å². The van der Waals surface area contributed by atoms with Crippen LogP contribution in [0.4, 0.5) is 22.7 Å². The zero-order valence-corrected chi connectivity index (χ0v) is 25.7.